The topological polar surface area (TPSA) is 101 Å². The molecular weight excluding hydrogens is 322 g/mol. The predicted octanol–water partition coefficient (Wildman–Crippen LogP) is -0.162. The lowest BCUT2D eigenvalue weighted by Gasteiger charge is -2.35. The first-order valence-corrected chi connectivity index (χ1v) is 8.48. The molecule has 25 heavy (non-hydrogen) atoms. The zero-order chi connectivity index (χ0) is 18.4. The Morgan fingerprint density at radius 3 is 2.60 bits per heavy atom. The third-order valence-electron chi connectivity index (χ3n) is 4.34. The Balaban J connectivity index is 1.81. The molecule has 0 radical (unpaired) electrons. The minimum Gasteiger partial charge on any atom is -0.497 e. The lowest BCUT2D eigenvalue weighted by Crippen LogP contribution is -2.53. The van der Waals surface area contributed by atoms with Crippen LogP contribution in [0.4, 0.5) is 5.82 Å². The molecule has 0 unspecified atom stereocenters. The molecule has 138 valence electrons. The van der Waals surface area contributed by atoms with Gasteiger partial charge < -0.3 is 25.6 Å². The molecule has 1 aromatic rings. The van der Waals surface area contributed by atoms with E-state index in [1.54, 1.807) is 24.3 Å². The number of carbonyl (C=O) groups excluding carboxylic acids is 2. The summed E-state index contributed by atoms with van der Waals surface area (Å²) in [4.78, 5) is 32.3. The van der Waals surface area contributed by atoms with Crippen LogP contribution in [-0.4, -0.2) is 67.6 Å². The second kappa shape index (κ2) is 8.66. The number of pyridine rings is 1. The molecule has 0 bridgehead atoms. The quantitative estimate of drug-likeness (QED) is 0.740. The van der Waals surface area contributed by atoms with E-state index in [-0.39, 0.29) is 24.3 Å². The Kier molecular flexibility index (Phi) is 6.58. The molecule has 1 aromatic heterocycles. The van der Waals surface area contributed by atoms with Gasteiger partial charge in [-0.1, -0.05) is 13.8 Å². The minimum atomic E-state index is -0.594. The van der Waals surface area contributed by atoms with Crippen molar-refractivity contribution in [1.82, 2.24) is 15.2 Å². The third-order valence-corrected chi connectivity index (χ3v) is 4.34. The molecule has 0 aliphatic carbocycles. The molecular formula is C17H27N5O3. The monoisotopic (exact) mass is 349 g/mol. The number of methoxy groups -OCH3 is 1. The number of hydrogen-bond donors (Lipinski definition) is 2. The SMILES string of the molecule is COc1ccnc(N2CCN(C(=O)CNC(=O)[C@@H](N)C(C)C)CC2)c1. The van der Waals surface area contributed by atoms with Gasteiger partial charge in [0, 0.05) is 38.4 Å². The number of hydrogen-bond acceptors (Lipinski definition) is 6. The van der Waals surface area contributed by atoms with Crippen LogP contribution in [0.15, 0.2) is 18.3 Å². The molecule has 1 atom stereocenters. The van der Waals surface area contributed by atoms with Gasteiger partial charge in [-0.05, 0) is 12.0 Å². The summed E-state index contributed by atoms with van der Waals surface area (Å²) in [5.41, 5.74) is 5.77. The number of aromatic nitrogens is 1. The number of anilines is 1. The van der Waals surface area contributed by atoms with Gasteiger partial charge in [-0.25, -0.2) is 4.98 Å². The van der Waals surface area contributed by atoms with Crippen LogP contribution >= 0.6 is 0 Å². The molecule has 2 rings (SSSR count). The molecule has 3 N–H and O–H groups in total. The highest BCUT2D eigenvalue weighted by molar-refractivity contribution is 5.87. The van der Waals surface area contributed by atoms with E-state index in [2.05, 4.69) is 15.2 Å². The highest BCUT2D eigenvalue weighted by Crippen LogP contribution is 2.19. The highest BCUT2D eigenvalue weighted by Gasteiger charge is 2.23. The molecule has 2 heterocycles. The summed E-state index contributed by atoms with van der Waals surface area (Å²) in [5, 5.41) is 2.62. The van der Waals surface area contributed by atoms with Gasteiger partial charge in [-0.3, -0.25) is 9.59 Å². The van der Waals surface area contributed by atoms with Crippen molar-refractivity contribution in [3.8, 4) is 5.75 Å². The van der Waals surface area contributed by atoms with Crippen LogP contribution in [0.5, 0.6) is 5.75 Å². The van der Waals surface area contributed by atoms with Crippen LogP contribution in [0.3, 0.4) is 0 Å². The van der Waals surface area contributed by atoms with Gasteiger partial charge in [-0.2, -0.15) is 0 Å². The second-order valence-corrected chi connectivity index (χ2v) is 6.41. The molecule has 8 nitrogen and oxygen atoms in total. The number of nitrogens with zero attached hydrogens (tertiary/aromatic N) is 3. The summed E-state index contributed by atoms with van der Waals surface area (Å²) >= 11 is 0. The number of nitrogens with one attached hydrogen (secondary N) is 1. The summed E-state index contributed by atoms with van der Waals surface area (Å²) in [5.74, 6) is 1.24. The Morgan fingerprint density at radius 2 is 2.00 bits per heavy atom. The van der Waals surface area contributed by atoms with E-state index in [9.17, 15) is 9.59 Å². The number of rotatable bonds is 6. The van der Waals surface area contributed by atoms with Crippen LogP contribution in [0.2, 0.25) is 0 Å². The number of amides is 2. The molecule has 1 fully saturated rings. The largest absolute Gasteiger partial charge is 0.497 e. The second-order valence-electron chi connectivity index (χ2n) is 6.41. The Morgan fingerprint density at radius 1 is 1.32 bits per heavy atom. The first kappa shape index (κ1) is 19.0. The average Bonchev–Trinajstić information content (AvgIpc) is 2.65. The highest BCUT2D eigenvalue weighted by atomic mass is 16.5. The fourth-order valence-corrected chi connectivity index (χ4v) is 2.58. The Labute approximate surface area is 148 Å². The van der Waals surface area contributed by atoms with Gasteiger partial charge in [-0.15, -0.1) is 0 Å². The van der Waals surface area contributed by atoms with E-state index in [4.69, 9.17) is 10.5 Å². The molecule has 1 aliphatic heterocycles. The van der Waals surface area contributed by atoms with E-state index >= 15 is 0 Å². The zero-order valence-electron chi connectivity index (χ0n) is 15.1. The maximum atomic E-state index is 12.3. The number of piperazine rings is 1. The molecule has 0 spiro atoms. The zero-order valence-corrected chi connectivity index (χ0v) is 15.1. The molecule has 8 heteroatoms. The first-order chi connectivity index (χ1) is 11.9. The van der Waals surface area contributed by atoms with E-state index in [0.29, 0.717) is 26.2 Å². The van der Waals surface area contributed by atoms with E-state index in [1.165, 1.54) is 0 Å². The smallest absolute Gasteiger partial charge is 0.242 e. The lowest BCUT2D eigenvalue weighted by molar-refractivity contribution is -0.133. The maximum Gasteiger partial charge on any atom is 0.242 e. The number of carbonyl (C=O) groups is 2. The third kappa shape index (κ3) is 5.06. The van der Waals surface area contributed by atoms with Crippen molar-refractivity contribution in [2.24, 2.45) is 11.7 Å². The van der Waals surface area contributed by atoms with E-state index in [1.807, 2.05) is 19.9 Å². The number of nitrogens with two attached hydrogens (primary N) is 1. The van der Waals surface area contributed by atoms with Crippen molar-refractivity contribution < 1.29 is 14.3 Å². The summed E-state index contributed by atoms with van der Waals surface area (Å²) in [7, 11) is 1.62. The van der Waals surface area contributed by atoms with Gasteiger partial charge in [0.15, 0.2) is 0 Å². The minimum absolute atomic E-state index is 0.0172. The van der Waals surface area contributed by atoms with Gasteiger partial charge in [0.05, 0.1) is 19.7 Å². The predicted molar refractivity (Wildman–Crippen MR) is 95.4 cm³/mol. The van der Waals surface area contributed by atoms with Crippen molar-refractivity contribution in [2.45, 2.75) is 19.9 Å². The summed E-state index contributed by atoms with van der Waals surface area (Å²) in [6, 6.07) is 3.09. The Bertz CT molecular complexity index is 600. The van der Waals surface area contributed by atoms with Crippen LogP contribution in [0.25, 0.3) is 0 Å². The van der Waals surface area contributed by atoms with Crippen molar-refractivity contribution >= 4 is 17.6 Å². The molecule has 0 aromatic carbocycles. The van der Waals surface area contributed by atoms with Gasteiger partial charge >= 0.3 is 0 Å². The lowest BCUT2D eigenvalue weighted by atomic mass is 10.1. The molecule has 1 aliphatic rings. The van der Waals surface area contributed by atoms with Crippen LogP contribution in [0, 0.1) is 5.92 Å². The standard InChI is InChI=1S/C17H27N5O3/c1-12(2)16(18)17(24)20-11-15(23)22-8-6-21(7-9-22)14-10-13(25-3)4-5-19-14/h4-5,10,12,16H,6-9,11,18H2,1-3H3,(H,20,24)/t16-/m0/s1. The average molecular weight is 349 g/mol. The fourth-order valence-electron chi connectivity index (χ4n) is 2.58. The number of ether oxygens (including phenoxy) is 1. The van der Waals surface area contributed by atoms with Crippen LogP contribution in [0.1, 0.15) is 13.8 Å². The van der Waals surface area contributed by atoms with Crippen LogP contribution < -0.4 is 20.7 Å². The summed E-state index contributed by atoms with van der Waals surface area (Å²) < 4.78 is 5.21. The van der Waals surface area contributed by atoms with Crippen molar-refractivity contribution in [1.29, 1.82) is 0 Å². The van der Waals surface area contributed by atoms with Crippen molar-refractivity contribution in [3.05, 3.63) is 18.3 Å². The van der Waals surface area contributed by atoms with Gasteiger partial charge in [0.2, 0.25) is 11.8 Å². The van der Waals surface area contributed by atoms with E-state index in [0.717, 1.165) is 11.6 Å². The molecule has 1 saturated heterocycles. The maximum absolute atomic E-state index is 12.3. The fraction of sp³-hybridized carbons (Fsp3) is 0.588. The molecule has 0 saturated carbocycles. The van der Waals surface area contributed by atoms with Crippen molar-refractivity contribution in [3.63, 3.8) is 0 Å². The first-order valence-electron chi connectivity index (χ1n) is 8.48. The Hall–Kier alpha value is -2.35. The van der Waals surface area contributed by atoms with Gasteiger partial charge in [0.25, 0.3) is 0 Å². The van der Waals surface area contributed by atoms with E-state index < -0.39 is 6.04 Å². The normalized spacial score (nSPS) is 15.9. The van der Waals surface area contributed by atoms with Gasteiger partial charge in [0.1, 0.15) is 11.6 Å². The van der Waals surface area contributed by atoms with Crippen LogP contribution in [-0.2, 0) is 9.59 Å². The summed E-state index contributed by atoms with van der Waals surface area (Å²) in [6.07, 6.45) is 1.71. The molecule has 2 amide bonds. The van der Waals surface area contributed by atoms with Crippen molar-refractivity contribution in [2.75, 3.05) is 44.7 Å². The summed E-state index contributed by atoms with van der Waals surface area (Å²) in [6.45, 7) is 6.27.